The van der Waals surface area contributed by atoms with Gasteiger partial charge in [0.15, 0.2) is 0 Å². The Balaban J connectivity index is 1.97. The molecular formula is C15H22N2. The summed E-state index contributed by atoms with van der Waals surface area (Å²) >= 11 is 0. The molecule has 0 aliphatic carbocycles. The van der Waals surface area contributed by atoms with Crippen molar-refractivity contribution in [3.63, 3.8) is 0 Å². The van der Waals surface area contributed by atoms with Crippen molar-refractivity contribution in [2.24, 2.45) is 0 Å². The molecule has 0 bridgehead atoms. The summed E-state index contributed by atoms with van der Waals surface area (Å²) in [6.07, 6.45) is 1.19. The lowest BCUT2D eigenvalue weighted by molar-refractivity contribution is 0.540. The number of aryl methyl sites for hydroxylation is 4. The van der Waals surface area contributed by atoms with Gasteiger partial charge in [-0.3, -0.25) is 0 Å². The van der Waals surface area contributed by atoms with Crippen LogP contribution in [0.4, 0.5) is 0 Å². The quantitative estimate of drug-likeness (QED) is 0.759. The van der Waals surface area contributed by atoms with Gasteiger partial charge in [0.1, 0.15) is 0 Å². The van der Waals surface area contributed by atoms with Gasteiger partial charge in [-0.25, -0.2) is 0 Å². The summed E-state index contributed by atoms with van der Waals surface area (Å²) in [5, 5.41) is 0. The molecule has 2 aromatic heterocycles. The molecule has 0 saturated heterocycles. The minimum absolute atomic E-state index is 1.11. The van der Waals surface area contributed by atoms with E-state index < -0.39 is 0 Å². The zero-order valence-electron chi connectivity index (χ0n) is 11.3. The molecule has 0 aliphatic rings. The topological polar surface area (TPSA) is 9.86 Å². The van der Waals surface area contributed by atoms with Gasteiger partial charge in [0, 0.05) is 35.9 Å². The third-order valence-corrected chi connectivity index (χ3v) is 3.60. The molecule has 92 valence electrons. The first-order valence-electron chi connectivity index (χ1n) is 6.35. The van der Waals surface area contributed by atoms with Crippen LogP contribution in [0.25, 0.3) is 0 Å². The Morgan fingerprint density at radius 2 is 0.941 bits per heavy atom. The van der Waals surface area contributed by atoms with Crippen LogP contribution in [-0.4, -0.2) is 9.13 Å². The lowest BCUT2D eigenvalue weighted by atomic mass is 10.3. The molecule has 2 nitrogen and oxygen atoms in total. The van der Waals surface area contributed by atoms with E-state index in [0.29, 0.717) is 0 Å². The average Bonchev–Trinajstić information content (AvgIpc) is 2.77. The highest BCUT2D eigenvalue weighted by Crippen LogP contribution is 2.11. The van der Waals surface area contributed by atoms with E-state index in [0.717, 1.165) is 13.1 Å². The Hall–Kier alpha value is -1.44. The highest BCUT2D eigenvalue weighted by atomic mass is 15.0. The SMILES string of the molecule is Cc1ccc(C)n1CCCn1c(C)ccc1C. The number of rotatable bonds is 4. The van der Waals surface area contributed by atoms with E-state index >= 15 is 0 Å². The van der Waals surface area contributed by atoms with Crippen LogP contribution in [0.2, 0.25) is 0 Å². The van der Waals surface area contributed by atoms with E-state index in [9.17, 15) is 0 Å². The van der Waals surface area contributed by atoms with Gasteiger partial charge in [0.25, 0.3) is 0 Å². The number of hydrogen-bond acceptors (Lipinski definition) is 0. The molecule has 0 radical (unpaired) electrons. The molecule has 2 heteroatoms. The van der Waals surface area contributed by atoms with Crippen LogP contribution in [0.1, 0.15) is 29.2 Å². The number of nitrogens with zero attached hydrogens (tertiary/aromatic N) is 2. The normalized spacial score (nSPS) is 11.1. The zero-order chi connectivity index (χ0) is 12.4. The molecule has 17 heavy (non-hydrogen) atoms. The van der Waals surface area contributed by atoms with Gasteiger partial charge < -0.3 is 9.13 Å². The molecule has 0 aromatic carbocycles. The van der Waals surface area contributed by atoms with Gasteiger partial charge in [0.2, 0.25) is 0 Å². The molecule has 0 atom stereocenters. The second-order valence-electron chi connectivity index (χ2n) is 4.89. The molecule has 0 fully saturated rings. The Morgan fingerprint density at radius 1 is 0.647 bits per heavy atom. The minimum atomic E-state index is 1.11. The summed E-state index contributed by atoms with van der Waals surface area (Å²) in [5.74, 6) is 0. The maximum absolute atomic E-state index is 2.40. The first-order valence-corrected chi connectivity index (χ1v) is 6.35. The highest BCUT2D eigenvalue weighted by molar-refractivity contribution is 5.14. The summed E-state index contributed by atoms with van der Waals surface area (Å²) in [6, 6.07) is 8.78. The van der Waals surface area contributed by atoms with Crippen LogP contribution in [0.3, 0.4) is 0 Å². The number of hydrogen-bond donors (Lipinski definition) is 0. The van der Waals surface area contributed by atoms with Crippen molar-refractivity contribution in [3.05, 3.63) is 47.0 Å². The van der Waals surface area contributed by atoms with Gasteiger partial charge in [-0.05, 0) is 58.4 Å². The molecule has 2 rings (SSSR count). The van der Waals surface area contributed by atoms with Gasteiger partial charge >= 0.3 is 0 Å². The lowest BCUT2D eigenvalue weighted by Crippen LogP contribution is -2.08. The largest absolute Gasteiger partial charge is 0.349 e. The van der Waals surface area contributed by atoms with E-state index in [1.165, 1.54) is 29.2 Å². The van der Waals surface area contributed by atoms with Crippen LogP contribution >= 0.6 is 0 Å². The predicted molar refractivity (Wildman–Crippen MR) is 72.4 cm³/mol. The fourth-order valence-corrected chi connectivity index (χ4v) is 2.49. The smallest absolute Gasteiger partial charge is 0.0241 e. The minimum Gasteiger partial charge on any atom is -0.349 e. The second-order valence-corrected chi connectivity index (χ2v) is 4.89. The first kappa shape index (κ1) is 12.0. The van der Waals surface area contributed by atoms with E-state index in [-0.39, 0.29) is 0 Å². The highest BCUT2D eigenvalue weighted by Gasteiger charge is 2.03. The summed E-state index contributed by atoms with van der Waals surface area (Å²) in [6.45, 7) is 10.9. The van der Waals surface area contributed by atoms with Crippen LogP contribution in [-0.2, 0) is 13.1 Å². The van der Waals surface area contributed by atoms with Crippen molar-refractivity contribution in [2.45, 2.75) is 47.2 Å². The molecule has 0 saturated carbocycles. The second kappa shape index (κ2) is 4.82. The van der Waals surface area contributed by atoms with Crippen LogP contribution < -0.4 is 0 Å². The van der Waals surface area contributed by atoms with Crippen molar-refractivity contribution in [1.29, 1.82) is 0 Å². The summed E-state index contributed by atoms with van der Waals surface area (Å²) in [4.78, 5) is 0. The molecule has 0 N–H and O–H groups in total. The third kappa shape index (κ3) is 2.46. The van der Waals surface area contributed by atoms with Crippen molar-refractivity contribution in [2.75, 3.05) is 0 Å². The van der Waals surface area contributed by atoms with Crippen molar-refractivity contribution in [3.8, 4) is 0 Å². The summed E-state index contributed by atoms with van der Waals surface area (Å²) in [5.41, 5.74) is 5.46. The maximum Gasteiger partial charge on any atom is 0.0241 e. The van der Waals surface area contributed by atoms with Gasteiger partial charge in [0.05, 0.1) is 0 Å². The average molecular weight is 230 g/mol. The molecule has 0 amide bonds. The van der Waals surface area contributed by atoms with Gasteiger partial charge in [-0.2, -0.15) is 0 Å². The standard InChI is InChI=1S/C15H22N2/c1-12-6-7-13(2)16(12)10-5-11-17-14(3)8-9-15(17)4/h6-9H,5,10-11H2,1-4H3. The predicted octanol–water partition coefficient (Wildman–Crippen LogP) is 3.61. The molecule has 0 spiro atoms. The van der Waals surface area contributed by atoms with Crippen molar-refractivity contribution < 1.29 is 0 Å². The monoisotopic (exact) mass is 230 g/mol. The molecule has 0 unspecified atom stereocenters. The molecular weight excluding hydrogens is 208 g/mol. The zero-order valence-corrected chi connectivity index (χ0v) is 11.3. The lowest BCUT2D eigenvalue weighted by Gasteiger charge is -2.12. The van der Waals surface area contributed by atoms with Crippen LogP contribution in [0.5, 0.6) is 0 Å². The van der Waals surface area contributed by atoms with E-state index in [4.69, 9.17) is 0 Å². The summed E-state index contributed by atoms with van der Waals surface area (Å²) < 4.78 is 4.79. The fraction of sp³-hybridized carbons (Fsp3) is 0.467. The van der Waals surface area contributed by atoms with E-state index in [1.807, 2.05) is 0 Å². The van der Waals surface area contributed by atoms with Gasteiger partial charge in [-0.1, -0.05) is 0 Å². The molecule has 2 aromatic rings. The summed E-state index contributed by atoms with van der Waals surface area (Å²) in [7, 11) is 0. The van der Waals surface area contributed by atoms with E-state index in [1.54, 1.807) is 0 Å². The van der Waals surface area contributed by atoms with Crippen molar-refractivity contribution >= 4 is 0 Å². The first-order chi connectivity index (χ1) is 8.09. The van der Waals surface area contributed by atoms with Crippen LogP contribution in [0.15, 0.2) is 24.3 Å². The van der Waals surface area contributed by atoms with Crippen molar-refractivity contribution in [1.82, 2.24) is 9.13 Å². The van der Waals surface area contributed by atoms with Crippen LogP contribution in [0, 0.1) is 27.7 Å². The molecule has 0 aliphatic heterocycles. The number of aromatic nitrogens is 2. The van der Waals surface area contributed by atoms with Gasteiger partial charge in [-0.15, -0.1) is 0 Å². The fourth-order valence-electron chi connectivity index (χ4n) is 2.49. The third-order valence-electron chi connectivity index (χ3n) is 3.60. The molecule has 2 heterocycles. The Kier molecular flexibility index (Phi) is 3.41. The Bertz CT molecular complexity index is 418. The Morgan fingerprint density at radius 3 is 1.24 bits per heavy atom. The Labute approximate surface area is 104 Å². The van der Waals surface area contributed by atoms with E-state index in [2.05, 4.69) is 61.1 Å². The maximum atomic E-state index is 2.40.